The summed E-state index contributed by atoms with van der Waals surface area (Å²) >= 11 is 0. The Hall–Kier alpha value is -1.55. The van der Waals surface area contributed by atoms with Crippen molar-refractivity contribution in [3.05, 3.63) is 42.6 Å². The third-order valence-electron chi connectivity index (χ3n) is 1.81. The van der Waals surface area contributed by atoms with Crippen molar-refractivity contribution in [3.63, 3.8) is 0 Å². The SMILES string of the molecule is O=S(=O)(O)CS(=O)(=O)O.c1ccc2ncccc2c1. The van der Waals surface area contributed by atoms with Gasteiger partial charge in [-0.25, -0.2) is 0 Å². The minimum absolute atomic E-state index is 1.06. The van der Waals surface area contributed by atoms with Crippen molar-refractivity contribution in [2.45, 2.75) is 0 Å². The summed E-state index contributed by atoms with van der Waals surface area (Å²) in [5, 5.41) is -0.454. The van der Waals surface area contributed by atoms with Gasteiger partial charge in [0.25, 0.3) is 20.2 Å². The van der Waals surface area contributed by atoms with E-state index in [2.05, 4.69) is 17.1 Å². The van der Waals surface area contributed by atoms with Crippen molar-refractivity contribution in [1.82, 2.24) is 4.98 Å². The number of hydrogen-bond donors (Lipinski definition) is 2. The Bertz CT molecular complexity index is 659. The molecule has 104 valence electrons. The molecule has 1 heterocycles. The lowest BCUT2D eigenvalue weighted by atomic mass is 10.2. The molecule has 0 unspecified atom stereocenters. The standard InChI is InChI=1S/C9H7N.CH4O6S2/c1-2-6-9-8(4-1)5-3-7-10-9;2-8(3,4)1-9(5,6)7/h1-7H;1H2,(H,2,3,4)(H,5,6,7). The number of pyridine rings is 1. The zero-order valence-corrected chi connectivity index (χ0v) is 11.2. The smallest absolute Gasteiger partial charge is 0.281 e. The lowest BCUT2D eigenvalue weighted by molar-refractivity contribution is 0.471. The summed E-state index contributed by atoms with van der Waals surface area (Å²) in [6, 6.07) is 12.1. The third kappa shape index (κ3) is 6.82. The van der Waals surface area contributed by atoms with Gasteiger partial charge in [0.15, 0.2) is 0 Å². The predicted octanol–water partition coefficient (Wildman–Crippen LogP) is 0.954. The van der Waals surface area contributed by atoms with Crippen LogP contribution in [-0.2, 0) is 20.2 Å². The second kappa shape index (κ2) is 6.06. The first-order valence-electron chi connectivity index (χ1n) is 4.87. The number of aromatic nitrogens is 1. The maximum absolute atomic E-state index is 9.66. The Kier molecular flexibility index (Phi) is 4.95. The lowest BCUT2D eigenvalue weighted by Gasteiger charge is -1.91. The highest BCUT2D eigenvalue weighted by molar-refractivity contribution is 8.02. The summed E-state index contributed by atoms with van der Waals surface area (Å²) in [5.41, 5.74) is 1.06. The van der Waals surface area contributed by atoms with Gasteiger partial charge in [0.2, 0.25) is 5.08 Å². The van der Waals surface area contributed by atoms with E-state index in [0.29, 0.717) is 0 Å². The second-order valence-corrected chi connectivity index (χ2v) is 6.75. The number of para-hydroxylation sites is 1. The van der Waals surface area contributed by atoms with E-state index >= 15 is 0 Å². The molecule has 0 spiro atoms. The van der Waals surface area contributed by atoms with Gasteiger partial charge in [-0.05, 0) is 12.1 Å². The number of hydrogen-bond acceptors (Lipinski definition) is 5. The van der Waals surface area contributed by atoms with Gasteiger partial charge in [0.1, 0.15) is 0 Å². The molecule has 0 aliphatic heterocycles. The highest BCUT2D eigenvalue weighted by Gasteiger charge is 2.15. The monoisotopic (exact) mass is 305 g/mol. The van der Waals surface area contributed by atoms with Gasteiger partial charge < -0.3 is 0 Å². The molecule has 2 aromatic rings. The van der Waals surface area contributed by atoms with Crippen LogP contribution in [0.5, 0.6) is 0 Å². The van der Waals surface area contributed by atoms with Crippen molar-refractivity contribution in [1.29, 1.82) is 0 Å². The molecule has 1 aromatic heterocycles. The molecule has 2 rings (SSSR count). The van der Waals surface area contributed by atoms with Gasteiger partial charge in [-0.15, -0.1) is 0 Å². The average Bonchev–Trinajstić information content (AvgIpc) is 2.25. The Labute approximate surface area is 110 Å². The van der Waals surface area contributed by atoms with Gasteiger partial charge in [-0.1, -0.05) is 24.3 Å². The molecule has 19 heavy (non-hydrogen) atoms. The molecule has 2 N–H and O–H groups in total. The molecular weight excluding hydrogens is 294 g/mol. The molecule has 7 nitrogen and oxygen atoms in total. The highest BCUT2D eigenvalue weighted by Crippen LogP contribution is 2.07. The number of benzene rings is 1. The Morgan fingerprint density at radius 2 is 1.42 bits per heavy atom. The zero-order chi connectivity index (χ0) is 14.5. The Morgan fingerprint density at radius 1 is 0.895 bits per heavy atom. The molecular formula is C10H11NO6S2. The zero-order valence-electron chi connectivity index (χ0n) is 9.54. The van der Waals surface area contributed by atoms with Crippen molar-refractivity contribution >= 4 is 31.1 Å². The van der Waals surface area contributed by atoms with Crippen molar-refractivity contribution < 1.29 is 25.9 Å². The first-order chi connectivity index (χ1) is 8.67. The minimum Gasteiger partial charge on any atom is -0.285 e. The van der Waals surface area contributed by atoms with E-state index in [9.17, 15) is 16.8 Å². The van der Waals surface area contributed by atoms with E-state index in [1.807, 2.05) is 30.5 Å². The van der Waals surface area contributed by atoms with Gasteiger partial charge in [-0.2, -0.15) is 16.8 Å². The topological polar surface area (TPSA) is 122 Å². The van der Waals surface area contributed by atoms with Crippen LogP contribution in [-0.4, -0.2) is 36.0 Å². The average molecular weight is 305 g/mol. The molecule has 0 saturated carbocycles. The van der Waals surface area contributed by atoms with Crippen LogP contribution in [0.4, 0.5) is 0 Å². The van der Waals surface area contributed by atoms with Gasteiger partial charge in [0, 0.05) is 11.6 Å². The first-order valence-corrected chi connectivity index (χ1v) is 8.09. The largest absolute Gasteiger partial charge is 0.285 e. The third-order valence-corrected chi connectivity index (χ3v) is 4.19. The summed E-state index contributed by atoms with van der Waals surface area (Å²) in [6.07, 6.45) is 1.81. The molecule has 0 aliphatic rings. The van der Waals surface area contributed by atoms with Crippen molar-refractivity contribution in [2.75, 3.05) is 5.08 Å². The molecule has 1 aromatic carbocycles. The quantitative estimate of drug-likeness (QED) is 0.792. The predicted molar refractivity (Wildman–Crippen MR) is 69.7 cm³/mol. The lowest BCUT2D eigenvalue weighted by Crippen LogP contribution is -2.13. The maximum Gasteiger partial charge on any atom is 0.281 e. The van der Waals surface area contributed by atoms with E-state index in [4.69, 9.17) is 9.11 Å². The van der Waals surface area contributed by atoms with Crippen LogP contribution in [0.1, 0.15) is 0 Å². The Morgan fingerprint density at radius 3 is 1.89 bits per heavy atom. The van der Waals surface area contributed by atoms with Crippen molar-refractivity contribution in [2.24, 2.45) is 0 Å². The van der Waals surface area contributed by atoms with Crippen LogP contribution in [0, 0.1) is 0 Å². The maximum atomic E-state index is 9.66. The summed E-state index contributed by atoms with van der Waals surface area (Å²) in [6.45, 7) is 0. The van der Waals surface area contributed by atoms with E-state index in [-0.39, 0.29) is 0 Å². The summed E-state index contributed by atoms with van der Waals surface area (Å²) in [4.78, 5) is 4.18. The number of rotatable bonds is 2. The van der Waals surface area contributed by atoms with Gasteiger partial charge in [0.05, 0.1) is 5.52 Å². The fraction of sp³-hybridized carbons (Fsp3) is 0.100. The second-order valence-electron chi connectivity index (χ2n) is 3.48. The Balaban J connectivity index is 0.000000192. The number of nitrogens with zero attached hydrogens (tertiary/aromatic N) is 1. The van der Waals surface area contributed by atoms with Crippen LogP contribution in [0.25, 0.3) is 10.9 Å². The van der Waals surface area contributed by atoms with E-state index in [1.165, 1.54) is 5.39 Å². The van der Waals surface area contributed by atoms with Crippen LogP contribution in [0.2, 0.25) is 0 Å². The minimum atomic E-state index is -4.62. The van der Waals surface area contributed by atoms with E-state index in [1.54, 1.807) is 0 Å². The van der Waals surface area contributed by atoms with Crippen LogP contribution < -0.4 is 0 Å². The van der Waals surface area contributed by atoms with Gasteiger partial charge in [-0.3, -0.25) is 14.1 Å². The fourth-order valence-electron chi connectivity index (χ4n) is 1.20. The summed E-state index contributed by atoms with van der Waals surface area (Å²) < 4.78 is 54.2. The van der Waals surface area contributed by atoms with E-state index in [0.717, 1.165) is 5.52 Å². The molecule has 0 bridgehead atoms. The summed E-state index contributed by atoms with van der Waals surface area (Å²) in [5.74, 6) is 0. The highest BCUT2D eigenvalue weighted by atomic mass is 32.3. The molecule has 0 amide bonds. The molecule has 0 aliphatic carbocycles. The van der Waals surface area contributed by atoms with E-state index < -0.39 is 25.3 Å². The molecule has 9 heteroatoms. The van der Waals surface area contributed by atoms with Crippen LogP contribution in [0.3, 0.4) is 0 Å². The van der Waals surface area contributed by atoms with Crippen LogP contribution >= 0.6 is 0 Å². The molecule has 0 atom stereocenters. The molecule has 0 radical (unpaired) electrons. The molecule has 0 saturated heterocycles. The molecule has 0 fully saturated rings. The number of fused-ring (bicyclic) bond motifs is 1. The summed E-state index contributed by atoms with van der Waals surface area (Å²) in [7, 11) is -9.24. The van der Waals surface area contributed by atoms with Gasteiger partial charge >= 0.3 is 0 Å². The fourth-order valence-corrected chi connectivity index (χ4v) is 2.71. The first kappa shape index (κ1) is 15.5. The van der Waals surface area contributed by atoms with Crippen LogP contribution in [0.15, 0.2) is 42.6 Å². The van der Waals surface area contributed by atoms with Crippen molar-refractivity contribution in [3.8, 4) is 0 Å². The normalized spacial score (nSPS) is 11.7.